The standard InChI is InChI=1S/C6H12N2.C2H6/c1-5(2)6(3)8-7-4;1-2/h7H,1H2,2-4H3;1-2H3/b8-6-;. The topological polar surface area (TPSA) is 24.4 Å². The van der Waals surface area contributed by atoms with Gasteiger partial charge in [-0.05, 0) is 19.4 Å². The van der Waals surface area contributed by atoms with Gasteiger partial charge in [0.25, 0.3) is 0 Å². The number of allylic oxidation sites excluding steroid dienone is 1. The number of hydrogen-bond donors (Lipinski definition) is 1. The summed E-state index contributed by atoms with van der Waals surface area (Å²) >= 11 is 0. The molecule has 0 radical (unpaired) electrons. The molecule has 0 bridgehead atoms. The van der Waals surface area contributed by atoms with Gasteiger partial charge in [-0.25, -0.2) is 0 Å². The Hall–Kier alpha value is -0.790. The molecule has 0 aliphatic rings. The smallest absolute Gasteiger partial charge is 0.0595 e. The third-order valence-corrected chi connectivity index (χ3v) is 0.897. The lowest BCUT2D eigenvalue weighted by Gasteiger charge is -1.94. The zero-order valence-corrected chi connectivity index (χ0v) is 7.65. The Morgan fingerprint density at radius 2 is 1.70 bits per heavy atom. The predicted molar refractivity (Wildman–Crippen MR) is 48.3 cm³/mol. The molecule has 0 spiro atoms. The van der Waals surface area contributed by atoms with Crippen LogP contribution in [0.4, 0.5) is 0 Å². The molecule has 0 aromatic rings. The maximum absolute atomic E-state index is 3.89. The molecule has 0 saturated heterocycles. The summed E-state index contributed by atoms with van der Waals surface area (Å²) in [5.74, 6) is 0. The third kappa shape index (κ3) is 7.21. The number of nitrogens with zero attached hydrogens (tertiary/aromatic N) is 1. The Labute approximate surface area is 64.0 Å². The molecule has 1 N–H and O–H groups in total. The molecule has 0 aliphatic heterocycles. The van der Waals surface area contributed by atoms with Gasteiger partial charge in [-0.2, -0.15) is 5.10 Å². The number of nitrogens with one attached hydrogen (secondary N) is 1. The fourth-order valence-corrected chi connectivity index (χ4v) is 0.263. The van der Waals surface area contributed by atoms with Gasteiger partial charge in [0.2, 0.25) is 0 Å². The first-order valence-electron chi connectivity index (χ1n) is 3.55. The van der Waals surface area contributed by atoms with Gasteiger partial charge >= 0.3 is 0 Å². The third-order valence-electron chi connectivity index (χ3n) is 0.897. The van der Waals surface area contributed by atoms with Crippen molar-refractivity contribution in [3.63, 3.8) is 0 Å². The van der Waals surface area contributed by atoms with Crippen LogP contribution in [-0.4, -0.2) is 12.8 Å². The average molecular weight is 142 g/mol. The highest BCUT2D eigenvalue weighted by molar-refractivity contribution is 5.96. The molecule has 0 unspecified atom stereocenters. The van der Waals surface area contributed by atoms with Gasteiger partial charge in [-0.3, -0.25) is 0 Å². The largest absolute Gasteiger partial charge is 0.313 e. The monoisotopic (exact) mass is 142 g/mol. The summed E-state index contributed by atoms with van der Waals surface area (Å²) in [6.45, 7) is 11.5. The first kappa shape index (κ1) is 11.9. The molecule has 0 rings (SSSR count). The molecule has 10 heavy (non-hydrogen) atoms. The van der Waals surface area contributed by atoms with E-state index >= 15 is 0 Å². The molecule has 0 aromatic heterocycles. The molecular formula is C8H18N2. The summed E-state index contributed by atoms with van der Waals surface area (Å²) in [6.07, 6.45) is 0. The SMILES string of the molecule is C=C(C)/C(C)=N\NC.CC. The molecule has 0 fully saturated rings. The Morgan fingerprint density at radius 1 is 1.30 bits per heavy atom. The highest BCUT2D eigenvalue weighted by Crippen LogP contribution is 1.88. The van der Waals surface area contributed by atoms with Crippen LogP contribution in [0.2, 0.25) is 0 Å². The second kappa shape index (κ2) is 8.21. The zero-order valence-electron chi connectivity index (χ0n) is 7.65. The van der Waals surface area contributed by atoms with Crippen LogP contribution in [0.25, 0.3) is 0 Å². The zero-order chi connectivity index (χ0) is 8.57. The molecule has 0 saturated carbocycles. The maximum Gasteiger partial charge on any atom is 0.0595 e. The summed E-state index contributed by atoms with van der Waals surface area (Å²) < 4.78 is 0. The minimum Gasteiger partial charge on any atom is -0.313 e. The fourth-order valence-electron chi connectivity index (χ4n) is 0.263. The maximum atomic E-state index is 3.89. The highest BCUT2D eigenvalue weighted by atomic mass is 15.3. The molecule has 0 aromatic carbocycles. The van der Waals surface area contributed by atoms with E-state index in [4.69, 9.17) is 0 Å². The number of rotatable bonds is 2. The Kier molecular flexibility index (Phi) is 9.80. The number of hydrogen-bond acceptors (Lipinski definition) is 2. The van der Waals surface area contributed by atoms with Gasteiger partial charge in [0, 0.05) is 7.05 Å². The Morgan fingerprint density at radius 3 is 1.80 bits per heavy atom. The van der Waals surface area contributed by atoms with Crippen molar-refractivity contribution in [1.29, 1.82) is 0 Å². The van der Waals surface area contributed by atoms with Crippen LogP contribution in [0.5, 0.6) is 0 Å². The molecule has 0 heterocycles. The van der Waals surface area contributed by atoms with Crippen LogP contribution in [0.3, 0.4) is 0 Å². The first-order valence-corrected chi connectivity index (χ1v) is 3.55. The van der Waals surface area contributed by atoms with E-state index in [1.807, 2.05) is 27.7 Å². The van der Waals surface area contributed by atoms with E-state index < -0.39 is 0 Å². The van der Waals surface area contributed by atoms with E-state index in [-0.39, 0.29) is 0 Å². The predicted octanol–water partition coefficient (Wildman–Crippen LogP) is 2.18. The molecule has 0 atom stereocenters. The lowest BCUT2D eigenvalue weighted by Crippen LogP contribution is -2.01. The van der Waals surface area contributed by atoms with Crippen LogP contribution < -0.4 is 5.43 Å². The molecule has 0 amide bonds. The summed E-state index contributed by atoms with van der Waals surface area (Å²) in [5, 5.41) is 3.89. The van der Waals surface area contributed by atoms with E-state index in [0.717, 1.165) is 11.3 Å². The van der Waals surface area contributed by atoms with Gasteiger partial charge in [-0.1, -0.05) is 20.4 Å². The Bertz CT molecular complexity index is 114. The highest BCUT2D eigenvalue weighted by Gasteiger charge is 1.86. The van der Waals surface area contributed by atoms with Crippen LogP contribution in [-0.2, 0) is 0 Å². The van der Waals surface area contributed by atoms with E-state index in [1.54, 1.807) is 7.05 Å². The van der Waals surface area contributed by atoms with Crippen LogP contribution in [0.1, 0.15) is 27.7 Å². The first-order chi connectivity index (χ1) is 4.68. The average Bonchev–Trinajstić information content (AvgIpc) is 1.93. The summed E-state index contributed by atoms with van der Waals surface area (Å²) in [4.78, 5) is 0. The second-order valence-corrected chi connectivity index (χ2v) is 1.70. The molecule has 0 aliphatic carbocycles. The van der Waals surface area contributed by atoms with Crippen LogP contribution in [0, 0.1) is 0 Å². The van der Waals surface area contributed by atoms with E-state index in [1.165, 1.54) is 0 Å². The summed E-state index contributed by atoms with van der Waals surface area (Å²) in [6, 6.07) is 0. The van der Waals surface area contributed by atoms with Gasteiger partial charge < -0.3 is 5.43 Å². The summed E-state index contributed by atoms with van der Waals surface area (Å²) in [7, 11) is 1.77. The van der Waals surface area contributed by atoms with Crippen LogP contribution in [0.15, 0.2) is 17.3 Å². The second-order valence-electron chi connectivity index (χ2n) is 1.70. The van der Waals surface area contributed by atoms with Crippen LogP contribution >= 0.6 is 0 Å². The van der Waals surface area contributed by atoms with Crippen molar-refractivity contribution in [2.75, 3.05) is 7.05 Å². The summed E-state index contributed by atoms with van der Waals surface area (Å²) in [5.41, 5.74) is 4.63. The minimum atomic E-state index is 0.951. The van der Waals surface area contributed by atoms with Crippen molar-refractivity contribution in [2.24, 2.45) is 5.10 Å². The van der Waals surface area contributed by atoms with E-state index in [9.17, 15) is 0 Å². The molecule has 60 valence electrons. The van der Waals surface area contributed by atoms with Crippen molar-refractivity contribution in [3.8, 4) is 0 Å². The molecule has 2 heteroatoms. The normalized spacial score (nSPS) is 9.50. The van der Waals surface area contributed by atoms with Crippen molar-refractivity contribution < 1.29 is 0 Å². The van der Waals surface area contributed by atoms with Crippen molar-refractivity contribution >= 4 is 5.71 Å². The van der Waals surface area contributed by atoms with E-state index in [0.29, 0.717) is 0 Å². The van der Waals surface area contributed by atoms with Crippen molar-refractivity contribution in [2.45, 2.75) is 27.7 Å². The lowest BCUT2D eigenvalue weighted by atomic mass is 10.2. The minimum absolute atomic E-state index is 0.951. The van der Waals surface area contributed by atoms with Gasteiger partial charge in [0.1, 0.15) is 0 Å². The molecular weight excluding hydrogens is 124 g/mol. The quantitative estimate of drug-likeness (QED) is 0.464. The lowest BCUT2D eigenvalue weighted by molar-refractivity contribution is 0.899. The van der Waals surface area contributed by atoms with Gasteiger partial charge in [-0.15, -0.1) is 0 Å². The van der Waals surface area contributed by atoms with E-state index in [2.05, 4.69) is 17.1 Å². The number of hydrazone groups is 1. The van der Waals surface area contributed by atoms with Gasteiger partial charge in [0.15, 0.2) is 0 Å². The van der Waals surface area contributed by atoms with Gasteiger partial charge in [0.05, 0.1) is 5.71 Å². The van der Waals surface area contributed by atoms with Crippen molar-refractivity contribution in [3.05, 3.63) is 12.2 Å². The molecule has 2 nitrogen and oxygen atoms in total. The fraction of sp³-hybridized carbons (Fsp3) is 0.625. The Balaban J connectivity index is 0. The van der Waals surface area contributed by atoms with Crippen molar-refractivity contribution in [1.82, 2.24) is 5.43 Å².